The molecule has 1 aliphatic heterocycles. The van der Waals surface area contributed by atoms with E-state index in [2.05, 4.69) is 11.1 Å². The van der Waals surface area contributed by atoms with E-state index in [4.69, 9.17) is 0 Å². The summed E-state index contributed by atoms with van der Waals surface area (Å²) in [5.41, 5.74) is -4.36. The van der Waals surface area contributed by atoms with E-state index in [-0.39, 0.29) is 28.9 Å². The molecule has 2 saturated carbocycles. The molecule has 2 fully saturated rings. The maximum Gasteiger partial charge on any atom is 0.534 e. The second-order valence-electron chi connectivity index (χ2n) is 9.36. The van der Waals surface area contributed by atoms with Gasteiger partial charge in [0.05, 0.1) is 0 Å². The van der Waals surface area contributed by atoms with E-state index in [9.17, 15) is 26.4 Å². The van der Waals surface area contributed by atoms with E-state index in [1.807, 2.05) is 0 Å². The summed E-state index contributed by atoms with van der Waals surface area (Å²) >= 11 is 0. The minimum Gasteiger partial charge on any atom is -0.380 e. The summed E-state index contributed by atoms with van der Waals surface area (Å²) in [6, 6.07) is 0. The summed E-state index contributed by atoms with van der Waals surface area (Å²) in [6.45, 7) is 4.63. The normalized spacial score (nSPS) is 36.7. The quantitative estimate of drug-likeness (QED) is 0.470. The first kappa shape index (κ1) is 21.5. The van der Waals surface area contributed by atoms with Gasteiger partial charge in [0.1, 0.15) is 5.76 Å². The number of nitrogens with zero attached hydrogens (tertiary/aromatic N) is 1. The molecule has 9 heteroatoms. The van der Waals surface area contributed by atoms with Crippen molar-refractivity contribution in [1.29, 1.82) is 0 Å². The number of allylic oxidation sites excluding steroid dienone is 4. The van der Waals surface area contributed by atoms with Crippen molar-refractivity contribution < 1.29 is 30.6 Å². The van der Waals surface area contributed by atoms with Crippen molar-refractivity contribution in [1.82, 2.24) is 4.90 Å². The third kappa shape index (κ3) is 3.03. The second kappa shape index (κ2) is 6.61. The molecule has 0 radical (unpaired) electrons. The average Bonchev–Trinajstić information content (AvgIpc) is 2.91. The van der Waals surface area contributed by atoms with Gasteiger partial charge in [0.15, 0.2) is 0 Å². The topological polar surface area (TPSA) is 63.7 Å². The van der Waals surface area contributed by atoms with Gasteiger partial charge in [0.25, 0.3) is 0 Å². The Kier molecular flexibility index (Phi) is 4.73. The van der Waals surface area contributed by atoms with E-state index in [1.54, 1.807) is 31.0 Å². The van der Waals surface area contributed by atoms with Crippen LogP contribution in [0.3, 0.4) is 0 Å². The molecule has 0 aromatic heterocycles. The fourth-order valence-electron chi connectivity index (χ4n) is 5.93. The average molecular weight is 446 g/mol. The number of hydrogen-bond donors (Lipinski definition) is 0. The van der Waals surface area contributed by atoms with Crippen molar-refractivity contribution >= 4 is 16.0 Å². The van der Waals surface area contributed by atoms with Crippen LogP contribution in [0.25, 0.3) is 0 Å². The molecule has 4 unspecified atom stereocenters. The first-order valence-electron chi connectivity index (χ1n) is 10.2. The fraction of sp³-hybridized carbons (Fsp3) is 0.667. The van der Waals surface area contributed by atoms with Gasteiger partial charge in [-0.1, -0.05) is 24.1 Å². The molecule has 4 aliphatic rings. The Bertz CT molecular complexity index is 981. The largest absolute Gasteiger partial charge is 0.534 e. The molecule has 0 saturated heterocycles. The first-order valence-corrected chi connectivity index (χ1v) is 11.6. The fourth-order valence-corrected chi connectivity index (χ4v) is 6.50. The molecule has 4 rings (SSSR count). The van der Waals surface area contributed by atoms with Crippen molar-refractivity contribution in [3.8, 4) is 0 Å². The van der Waals surface area contributed by atoms with E-state index >= 15 is 0 Å². The number of fused-ring (bicyclic) bond motifs is 5. The number of amides is 1. The van der Waals surface area contributed by atoms with Crippen LogP contribution in [0.1, 0.15) is 46.0 Å². The van der Waals surface area contributed by atoms with Crippen LogP contribution in [-0.2, 0) is 19.1 Å². The Hall–Kier alpha value is -1.77. The van der Waals surface area contributed by atoms with Gasteiger partial charge in [-0.3, -0.25) is 4.79 Å². The smallest absolute Gasteiger partial charge is 0.380 e. The van der Waals surface area contributed by atoms with Crippen LogP contribution in [0.15, 0.2) is 35.1 Å². The Morgan fingerprint density at radius 3 is 2.53 bits per heavy atom. The molecule has 0 aromatic carbocycles. The minimum absolute atomic E-state index is 0.0163. The SMILES string of the molecule is CN1CCC2(C)C(=CC1=O)CCC1C3=CC=C(OS(=O)(=O)C(F)(F)F)C3(C)CCC12. The molecule has 4 atom stereocenters. The Balaban J connectivity index is 1.62. The van der Waals surface area contributed by atoms with Gasteiger partial charge in [-0.25, -0.2) is 0 Å². The summed E-state index contributed by atoms with van der Waals surface area (Å²) in [5.74, 6) is 0.247. The van der Waals surface area contributed by atoms with Crippen molar-refractivity contribution in [3.05, 3.63) is 35.1 Å². The van der Waals surface area contributed by atoms with Crippen LogP contribution in [0.2, 0.25) is 0 Å². The number of likely N-dealkylation sites (N-methyl/N-ethyl adjacent to an activating group) is 1. The van der Waals surface area contributed by atoms with Gasteiger partial charge in [-0.05, 0) is 62.4 Å². The van der Waals surface area contributed by atoms with Crippen LogP contribution in [-0.4, -0.2) is 38.3 Å². The lowest BCUT2D eigenvalue weighted by atomic mass is 9.50. The lowest BCUT2D eigenvalue weighted by molar-refractivity contribution is -0.124. The molecule has 3 aliphatic carbocycles. The standard InChI is InChI=1S/C21H26F3NO4S/c1-19-10-11-25(3)18(26)12-13(19)4-5-14-15-6-7-17(20(15,2)9-8-16(14)19)29-30(27,28)21(22,23)24/h6-7,12,14,16H,4-5,8-11H2,1-3H3. The molecule has 0 N–H and O–H groups in total. The zero-order valence-electron chi connectivity index (χ0n) is 17.3. The van der Waals surface area contributed by atoms with Crippen LogP contribution >= 0.6 is 0 Å². The molecule has 5 nitrogen and oxygen atoms in total. The number of halogens is 3. The number of carbonyl (C=O) groups is 1. The van der Waals surface area contributed by atoms with Crippen molar-refractivity contribution in [2.24, 2.45) is 22.7 Å². The molecule has 0 spiro atoms. The molecule has 1 amide bonds. The zero-order valence-corrected chi connectivity index (χ0v) is 18.1. The Labute approximate surface area is 174 Å². The van der Waals surface area contributed by atoms with Gasteiger partial charge in [0, 0.05) is 25.1 Å². The van der Waals surface area contributed by atoms with Crippen LogP contribution in [0, 0.1) is 22.7 Å². The predicted octanol–water partition coefficient (Wildman–Crippen LogP) is 4.30. The maximum absolute atomic E-state index is 12.8. The number of rotatable bonds is 2. The molecular weight excluding hydrogens is 419 g/mol. The third-order valence-corrected chi connectivity index (χ3v) is 8.80. The maximum atomic E-state index is 12.8. The first-order chi connectivity index (χ1) is 13.8. The van der Waals surface area contributed by atoms with E-state index in [0.717, 1.165) is 36.8 Å². The Morgan fingerprint density at radius 2 is 1.87 bits per heavy atom. The van der Waals surface area contributed by atoms with Gasteiger partial charge in [0.2, 0.25) is 5.91 Å². The molecular formula is C21H26F3NO4S. The molecule has 0 aromatic rings. The van der Waals surface area contributed by atoms with E-state index in [1.165, 1.54) is 6.08 Å². The monoisotopic (exact) mass is 445 g/mol. The summed E-state index contributed by atoms with van der Waals surface area (Å²) in [4.78, 5) is 14.1. The highest BCUT2D eigenvalue weighted by Gasteiger charge is 2.57. The second-order valence-corrected chi connectivity index (χ2v) is 10.9. The number of alkyl halides is 3. The number of carbonyl (C=O) groups excluding carboxylic acids is 1. The molecule has 30 heavy (non-hydrogen) atoms. The van der Waals surface area contributed by atoms with Crippen LogP contribution in [0.5, 0.6) is 0 Å². The summed E-state index contributed by atoms with van der Waals surface area (Å²) in [6.07, 6.45) is 8.53. The summed E-state index contributed by atoms with van der Waals surface area (Å²) in [7, 11) is -3.91. The lowest BCUT2D eigenvalue weighted by Crippen LogP contribution is -2.46. The van der Waals surface area contributed by atoms with Crippen molar-refractivity contribution in [3.63, 3.8) is 0 Å². The van der Waals surface area contributed by atoms with Gasteiger partial charge < -0.3 is 9.08 Å². The van der Waals surface area contributed by atoms with Crippen molar-refractivity contribution in [2.45, 2.75) is 51.5 Å². The highest BCUT2D eigenvalue weighted by Crippen LogP contribution is 2.63. The molecule has 0 bridgehead atoms. The van der Waals surface area contributed by atoms with E-state index < -0.39 is 21.0 Å². The summed E-state index contributed by atoms with van der Waals surface area (Å²) in [5, 5.41) is 0. The van der Waals surface area contributed by atoms with Gasteiger partial charge >= 0.3 is 15.6 Å². The third-order valence-electron chi connectivity index (χ3n) is 7.84. The van der Waals surface area contributed by atoms with Crippen LogP contribution in [0.4, 0.5) is 13.2 Å². The van der Waals surface area contributed by atoms with Crippen molar-refractivity contribution in [2.75, 3.05) is 13.6 Å². The predicted molar refractivity (Wildman–Crippen MR) is 104 cm³/mol. The molecule has 166 valence electrons. The van der Waals surface area contributed by atoms with Gasteiger partial charge in [-0.2, -0.15) is 21.6 Å². The highest BCUT2D eigenvalue weighted by atomic mass is 32.2. The minimum atomic E-state index is -5.70. The van der Waals surface area contributed by atoms with Crippen LogP contribution < -0.4 is 0 Å². The highest BCUT2D eigenvalue weighted by molar-refractivity contribution is 7.87. The summed E-state index contributed by atoms with van der Waals surface area (Å²) < 4.78 is 66.3. The van der Waals surface area contributed by atoms with Gasteiger partial charge in [-0.15, -0.1) is 0 Å². The zero-order chi connectivity index (χ0) is 22.1. The Morgan fingerprint density at radius 1 is 1.17 bits per heavy atom. The lowest BCUT2D eigenvalue weighted by Gasteiger charge is -2.54. The van der Waals surface area contributed by atoms with E-state index in [0.29, 0.717) is 13.0 Å². The molecule has 1 heterocycles. The number of hydrogen-bond acceptors (Lipinski definition) is 4.